The summed E-state index contributed by atoms with van der Waals surface area (Å²) >= 11 is 0. The summed E-state index contributed by atoms with van der Waals surface area (Å²) in [4.78, 5) is 11.1. The van der Waals surface area contributed by atoms with Gasteiger partial charge in [0.2, 0.25) is 0 Å². The highest BCUT2D eigenvalue weighted by molar-refractivity contribution is 7.92. The lowest BCUT2D eigenvalue weighted by atomic mass is 10.1. The summed E-state index contributed by atoms with van der Waals surface area (Å²) in [7, 11) is -2.27. The number of carbonyl (C=O) groups is 1. The lowest BCUT2D eigenvalue weighted by molar-refractivity contribution is 0.0686. The van der Waals surface area contributed by atoms with Crippen LogP contribution in [0.1, 0.15) is 23.0 Å². The zero-order valence-corrected chi connectivity index (χ0v) is 13.0. The minimum absolute atomic E-state index is 0.00375. The molecule has 1 unspecified atom stereocenters. The Morgan fingerprint density at radius 1 is 1.32 bits per heavy atom. The van der Waals surface area contributed by atoms with Crippen molar-refractivity contribution in [1.82, 2.24) is 4.57 Å². The number of hydrogen-bond donors (Lipinski definition) is 1. The molecular weight excluding hydrogens is 304 g/mol. The number of nitrogens with zero attached hydrogens (tertiary/aromatic N) is 2. The van der Waals surface area contributed by atoms with Gasteiger partial charge in [-0.3, -0.25) is 4.31 Å². The third-order valence-electron chi connectivity index (χ3n) is 3.90. The van der Waals surface area contributed by atoms with Gasteiger partial charge >= 0.3 is 5.97 Å². The molecule has 0 amide bonds. The number of aromatic nitrogens is 1. The molecule has 0 saturated carbocycles. The van der Waals surface area contributed by atoms with Crippen LogP contribution in [0, 0.1) is 0 Å². The molecule has 1 aliphatic heterocycles. The summed E-state index contributed by atoms with van der Waals surface area (Å²) in [5.74, 6) is -1.15. The van der Waals surface area contributed by atoms with Gasteiger partial charge in [-0.05, 0) is 31.0 Å². The van der Waals surface area contributed by atoms with Crippen LogP contribution in [0.25, 0.3) is 0 Å². The summed E-state index contributed by atoms with van der Waals surface area (Å²) in [5.41, 5.74) is 1.59. The first-order chi connectivity index (χ1) is 10.3. The van der Waals surface area contributed by atoms with Crippen LogP contribution in [0.5, 0.6) is 0 Å². The number of para-hydroxylation sites is 1. The van der Waals surface area contributed by atoms with Gasteiger partial charge in [-0.1, -0.05) is 18.2 Å². The lowest BCUT2D eigenvalue weighted by Gasteiger charge is -2.23. The predicted molar refractivity (Wildman–Crippen MR) is 81.6 cm³/mol. The minimum atomic E-state index is -3.79. The fourth-order valence-electron chi connectivity index (χ4n) is 2.90. The number of sulfonamides is 1. The Balaban J connectivity index is 2.11. The lowest BCUT2D eigenvalue weighted by Crippen LogP contribution is -2.35. The Labute approximate surface area is 128 Å². The number of aryl methyl sites for hydroxylation is 1. The first-order valence-corrected chi connectivity index (χ1v) is 8.28. The van der Waals surface area contributed by atoms with Crippen LogP contribution in [-0.2, 0) is 23.5 Å². The van der Waals surface area contributed by atoms with Crippen LogP contribution in [0.4, 0.5) is 5.69 Å². The van der Waals surface area contributed by atoms with Gasteiger partial charge in [0, 0.05) is 19.3 Å². The van der Waals surface area contributed by atoms with E-state index in [1.54, 1.807) is 12.1 Å². The van der Waals surface area contributed by atoms with Gasteiger partial charge in [0.25, 0.3) is 10.0 Å². The number of carboxylic acids is 1. The SMILES string of the molecule is CC1Cc2ccccc2N1S(=O)(=O)c1cc(C(=O)O)n(C)c1. The number of hydrogen-bond acceptors (Lipinski definition) is 3. The fraction of sp³-hybridized carbons (Fsp3) is 0.267. The Kier molecular flexibility index (Phi) is 3.25. The summed E-state index contributed by atoms with van der Waals surface area (Å²) in [6.45, 7) is 1.85. The fourth-order valence-corrected chi connectivity index (χ4v) is 4.67. The largest absolute Gasteiger partial charge is 0.477 e. The van der Waals surface area contributed by atoms with Crippen LogP contribution < -0.4 is 4.31 Å². The smallest absolute Gasteiger partial charge is 0.352 e. The molecule has 1 atom stereocenters. The first kappa shape index (κ1) is 14.6. The Bertz CT molecular complexity index is 854. The van der Waals surface area contributed by atoms with Gasteiger partial charge in [-0.2, -0.15) is 0 Å². The summed E-state index contributed by atoms with van der Waals surface area (Å²) in [6, 6.07) is 8.37. The second-order valence-corrected chi connectivity index (χ2v) is 7.27. The quantitative estimate of drug-likeness (QED) is 0.936. The summed E-state index contributed by atoms with van der Waals surface area (Å²) in [5, 5.41) is 9.09. The molecule has 0 fully saturated rings. The molecule has 6 nitrogen and oxygen atoms in total. The van der Waals surface area contributed by atoms with Gasteiger partial charge in [0.05, 0.1) is 5.69 Å². The molecule has 1 aliphatic rings. The van der Waals surface area contributed by atoms with Crippen LogP contribution in [0.15, 0.2) is 41.4 Å². The highest BCUT2D eigenvalue weighted by Gasteiger charge is 2.36. The van der Waals surface area contributed by atoms with Gasteiger partial charge in [-0.25, -0.2) is 13.2 Å². The van der Waals surface area contributed by atoms with Gasteiger partial charge in [0.15, 0.2) is 0 Å². The average Bonchev–Trinajstić information content (AvgIpc) is 2.98. The Morgan fingerprint density at radius 2 is 2.00 bits per heavy atom. The highest BCUT2D eigenvalue weighted by atomic mass is 32.2. The van der Waals surface area contributed by atoms with Crippen molar-refractivity contribution < 1.29 is 18.3 Å². The van der Waals surface area contributed by atoms with E-state index in [1.165, 1.54) is 28.2 Å². The second kappa shape index (κ2) is 4.88. The van der Waals surface area contributed by atoms with Crippen molar-refractivity contribution in [3.8, 4) is 0 Å². The molecule has 2 aromatic rings. The van der Waals surface area contributed by atoms with Crippen molar-refractivity contribution in [3.63, 3.8) is 0 Å². The normalized spacial score (nSPS) is 17.5. The first-order valence-electron chi connectivity index (χ1n) is 6.84. The number of benzene rings is 1. The van der Waals surface area contributed by atoms with E-state index in [0.717, 1.165) is 5.56 Å². The third-order valence-corrected chi connectivity index (χ3v) is 5.79. The van der Waals surface area contributed by atoms with Crippen molar-refractivity contribution >= 4 is 21.7 Å². The average molecular weight is 320 g/mol. The molecule has 2 heterocycles. The van der Waals surface area contributed by atoms with Crippen molar-refractivity contribution in [2.24, 2.45) is 7.05 Å². The van der Waals surface area contributed by atoms with Gasteiger partial charge < -0.3 is 9.67 Å². The van der Waals surface area contributed by atoms with E-state index < -0.39 is 16.0 Å². The number of anilines is 1. The standard InChI is InChI=1S/C15H16N2O4S/c1-10-7-11-5-3-4-6-13(11)17(10)22(20,21)12-8-14(15(18)19)16(2)9-12/h3-6,8-10H,7H2,1-2H3,(H,18,19). The van der Waals surface area contributed by atoms with Crippen LogP contribution in [0.3, 0.4) is 0 Å². The molecular formula is C15H16N2O4S. The predicted octanol–water partition coefficient (Wildman–Crippen LogP) is 1.86. The molecule has 7 heteroatoms. The molecule has 0 bridgehead atoms. The minimum Gasteiger partial charge on any atom is -0.477 e. The van der Waals surface area contributed by atoms with Crippen molar-refractivity contribution in [2.45, 2.75) is 24.3 Å². The summed E-state index contributed by atoms with van der Waals surface area (Å²) < 4.78 is 28.5. The van der Waals surface area contributed by atoms with Crippen molar-refractivity contribution in [2.75, 3.05) is 4.31 Å². The summed E-state index contributed by atoms with van der Waals surface area (Å²) in [6.07, 6.45) is 1.99. The van der Waals surface area contributed by atoms with Gasteiger partial charge in [0.1, 0.15) is 10.6 Å². The van der Waals surface area contributed by atoms with E-state index in [0.29, 0.717) is 12.1 Å². The van der Waals surface area contributed by atoms with Crippen LogP contribution >= 0.6 is 0 Å². The molecule has 0 radical (unpaired) electrons. The van der Waals surface area contributed by atoms with E-state index in [2.05, 4.69) is 0 Å². The Morgan fingerprint density at radius 3 is 2.64 bits per heavy atom. The maximum Gasteiger partial charge on any atom is 0.352 e. The topological polar surface area (TPSA) is 79.6 Å². The van der Waals surface area contributed by atoms with Gasteiger partial charge in [-0.15, -0.1) is 0 Å². The number of rotatable bonds is 3. The van der Waals surface area contributed by atoms with E-state index in [4.69, 9.17) is 5.11 Å². The molecule has 3 rings (SSSR count). The monoisotopic (exact) mass is 320 g/mol. The van der Waals surface area contributed by atoms with Crippen LogP contribution in [0.2, 0.25) is 0 Å². The Hall–Kier alpha value is -2.28. The maximum atomic E-state index is 12.9. The number of carboxylic acid groups (broad SMARTS) is 1. The van der Waals surface area contributed by atoms with E-state index in [-0.39, 0.29) is 16.6 Å². The molecule has 1 aromatic heterocycles. The molecule has 1 N–H and O–H groups in total. The number of fused-ring (bicyclic) bond motifs is 1. The molecule has 1 aromatic carbocycles. The van der Waals surface area contributed by atoms with Crippen molar-refractivity contribution in [3.05, 3.63) is 47.8 Å². The van der Waals surface area contributed by atoms with E-state index in [9.17, 15) is 13.2 Å². The zero-order chi connectivity index (χ0) is 16.1. The molecule has 0 aliphatic carbocycles. The molecule has 0 saturated heterocycles. The molecule has 0 spiro atoms. The van der Waals surface area contributed by atoms with Crippen molar-refractivity contribution in [1.29, 1.82) is 0 Å². The maximum absolute atomic E-state index is 12.9. The van der Waals surface area contributed by atoms with Crippen LogP contribution in [-0.4, -0.2) is 30.1 Å². The van der Waals surface area contributed by atoms with E-state index >= 15 is 0 Å². The third kappa shape index (κ3) is 2.09. The molecule has 22 heavy (non-hydrogen) atoms. The van der Waals surface area contributed by atoms with E-state index in [1.807, 2.05) is 19.1 Å². The number of aromatic carboxylic acids is 1. The highest BCUT2D eigenvalue weighted by Crippen LogP contribution is 2.36. The second-order valence-electron chi connectivity index (χ2n) is 5.46. The zero-order valence-electron chi connectivity index (χ0n) is 12.2. The molecule has 116 valence electrons.